The van der Waals surface area contributed by atoms with E-state index in [0.717, 1.165) is 17.3 Å². The SMILES string of the molecule is CCOC(=O)c1c(C)csc1NC(=O)CSCC(=O)OC. The van der Waals surface area contributed by atoms with Crippen LogP contribution in [0.5, 0.6) is 0 Å². The zero-order chi connectivity index (χ0) is 15.8. The van der Waals surface area contributed by atoms with E-state index in [9.17, 15) is 14.4 Å². The van der Waals surface area contributed by atoms with Crippen molar-refractivity contribution in [1.82, 2.24) is 0 Å². The second-order valence-corrected chi connectivity index (χ2v) is 5.83. The van der Waals surface area contributed by atoms with Crippen LogP contribution in [0.4, 0.5) is 5.00 Å². The molecular formula is C13H17NO5S2. The van der Waals surface area contributed by atoms with Gasteiger partial charge in [0, 0.05) is 0 Å². The second-order valence-electron chi connectivity index (χ2n) is 3.96. The van der Waals surface area contributed by atoms with Gasteiger partial charge in [-0.2, -0.15) is 0 Å². The highest BCUT2D eigenvalue weighted by atomic mass is 32.2. The maximum atomic E-state index is 11.8. The number of hydrogen-bond acceptors (Lipinski definition) is 7. The van der Waals surface area contributed by atoms with Gasteiger partial charge in [0.1, 0.15) is 5.00 Å². The highest BCUT2D eigenvalue weighted by Gasteiger charge is 2.19. The molecule has 6 nitrogen and oxygen atoms in total. The Morgan fingerprint density at radius 3 is 2.67 bits per heavy atom. The number of esters is 2. The molecule has 0 aliphatic carbocycles. The minimum absolute atomic E-state index is 0.105. The molecule has 0 aliphatic heterocycles. The summed E-state index contributed by atoms with van der Waals surface area (Å²) in [4.78, 5) is 34.6. The minimum atomic E-state index is -0.450. The summed E-state index contributed by atoms with van der Waals surface area (Å²) in [7, 11) is 1.29. The summed E-state index contributed by atoms with van der Waals surface area (Å²) in [5, 5.41) is 4.92. The summed E-state index contributed by atoms with van der Waals surface area (Å²) < 4.78 is 9.45. The van der Waals surface area contributed by atoms with Crippen LogP contribution in [0.3, 0.4) is 0 Å². The Balaban J connectivity index is 2.60. The number of rotatable bonds is 7. The molecule has 1 N–H and O–H groups in total. The molecule has 116 valence electrons. The normalized spacial score (nSPS) is 10.0. The first-order valence-electron chi connectivity index (χ1n) is 6.19. The van der Waals surface area contributed by atoms with Gasteiger partial charge < -0.3 is 14.8 Å². The zero-order valence-corrected chi connectivity index (χ0v) is 13.7. The van der Waals surface area contributed by atoms with Gasteiger partial charge in [0.05, 0.1) is 30.8 Å². The summed E-state index contributed by atoms with van der Waals surface area (Å²) in [6.07, 6.45) is 0. The van der Waals surface area contributed by atoms with Crippen LogP contribution in [0.1, 0.15) is 22.8 Å². The molecule has 1 rings (SSSR count). The summed E-state index contributed by atoms with van der Waals surface area (Å²) >= 11 is 2.42. The second kappa shape index (κ2) is 8.68. The molecule has 0 aromatic carbocycles. The van der Waals surface area contributed by atoms with Gasteiger partial charge in [-0.15, -0.1) is 23.1 Å². The molecule has 0 saturated carbocycles. The van der Waals surface area contributed by atoms with Crippen LogP contribution in [-0.2, 0) is 19.1 Å². The van der Waals surface area contributed by atoms with E-state index in [2.05, 4.69) is 10.1 Å². The fraction of sp³-hybridized carbons (Fsp3) is 0.462. The molecule has 0 unspecified atom stereocenters. The fourth-order valence-corrected chi connectivity index (χ4v) is 3.03. The van der Waals surface area contributed by atoms with E-state index < -0.39 is 5.97 Å². The van der Waals surface area contributed by atoms with E-state index >= 15 is 0 Å². The molecule has 1 aromatic rings. The summed E-state index contributed by atoms with van der Waals surface area (Å²) in [6, 6.07) is 0. The van der Waals surface area contributed by atoms with Crippen molar-refractivity contribution < 1.29 is 23.9 Å². The van der Waals surface area contributed by atoms with Crippen LogP contribution in [-0.4, -0.2) is 43.1 Å². The van der Waals surface area contributed by atoms with Gasteiger partial charge in [-0.05, 0) is 24.8 Å². The maximum Gasteiger partial charge on any atom is 0.341 e. The van der Waals surface area contributed by atoms with Gasteiger partial charge in [0.15, 0.2) is 0 Å². The molecule has 0 atom stereocenters. The van der Waals surface area contributed by atoms with Crippen LogP contribution >= 0.6 is 23.1 Å². The van der Waals surface area contributed by atoms with Crippen molar-refractivity contribution in [2.24, 2.45) is 0 Å². The zero-order valence-electron chi connectivity index (χ0n) is 12.1. The first kappa shape index (κ1) is 17.5. The standard InChI is InChI=1S/C13H17NO5S2/c1-4-19-13(17)11-8(2)5-21-12(11)14-9(15)6-20-7-10(16)18-3/h5H,4,6-7H2,1-3H3,(H,14,15). The van der Waals surface area contributed by atoms with Gasteiger partial charge in [0.2, 0.25) is 5.91 Å². The summed E-state index contributed by atoms with van der Waals surface area (Å²) in [5.74, 6) is -0.899. The predicted octanol–water partition coefficient (Wildman–Crippen LogP) is 2.08. The van der Waals surface area contributed by atoms with Crippen molar-refractivity contribution in [1.29, 1.82) is 0 Å². The van der Waals surface area contributed by atoms with Crippen molar-refractivity contribution in [3.8, 4) is 0 Å². The molecule has 21 heavy (non-hydrogen) atoms. The van der Waals surface area contributed by atoms with Gasteiger partial charge in [-0.1, -0.05) is 0 Å². The average Bonchev–Trinajstić information content (AvgIpc) is 2.79. The Morgan fingerprint density at radius 2 is 2.05 bits per heavy atom. The molecule has 1 amide bonds. The number of methoxy groups -OCH3 is 1. The smallest absolute Gasteiger partial charge is 0.341 e. The third kappa shape index (κ3) is 5.39. The molecule has 0 spiro atoms. The molecule has 0 fully saturated rings. The molecule has 1 heterocycles. The van der Waals surface area contributed by atoms with E-state index in [0.29, 0.717) is 10.6 Å². The van der Waals surface area contributed by atoms with Gasteiger partial charge in [0.25, 0.3) is 0 Å². The van der Waals surface area contributed by atoms with E-state index in [1.165, 1.54) is 18.4 Å². The van der Waals surface area contributed by atoms with Crippen molar-refractivity contribution in [3.05, 3.63) is 16.5 Å². The lowest BCUT2D eigenvalue weighted by molar-refractivity contribution is -0.137. The Labute approximate surface area is 131 Å². The number of hydrogen-bond donors (Lipinski definition) is 1. The average molecular weight is 331 g/mol. The van der Waals surface area contributed by atoms with Crippen LogP contribution < -0.4 is 5.32 Å². The number of aryl methyl sites for hydroxylation is 1. The quantitative estimate of drug-likeness (QED) is 0.770. The molecule has 8 heteroatoms. The van der Waals surface area contributed by atoms with Crippen LogP contribution in [0.25, 0.3) is 0 Å². The lowest BCUT2D eigenvalue weighted by Crippen LogP contribution is -2.17. The van der Waals surface area contributed by atoms with E-state index in [1.54, 1.807) is 19.2 Å². The number of carbonyl (C=O) groups is 3. The topological polar surface area (TPSA) is 81.7 Å². The number of thioether (sulfide) groups is 1. The van der Waals surface area contributed by atoms with Crippen molar-refractivity contribution in [3.63, 3.8) is 0 Å². The molecular weight excluding hydrogens is 314 g/mol. The number of amides is 1. The number of anilines is 1. The molecule has 0 bridgehead atoms. The first-order chi connectivity index (χ1) is 9.99. The Kier molecular flexibility index (Phi) is 7.24. The van der Waals surface area contributed by atoms with Crippen LogP contribution in [0.2, 0.25) is 0 Å². The van der Waals surface area contributed by atoms with Gasteiger partial charge in [-0.3, -0.25) is 9.59 Å². The van der Waals surface area contributed by atoms with Crippen molar-refractivity contribution in [2.45, 2.75) is 13.8 Å². The van der Waals surface area contributed by atoms with E-state index in [-0.39, 0.29) is 30.0 Å². The van der Waals surface area contributed by atoms with E-state index in [1.807, 2.05) is 0 Å². The molecule has 0 radical (unpaired) electrons. The first-order valence-corrected chi connectivity index (χ1v) is 8.22. The highest BCUT2D eigenvalue weighted by Crippen LogP contribution is 2.28. The lowest BCUT2D eigenvalue weighted by atomic mass is 10.2. The lowest BCUT2D eigenvalue weighted by Gasteiger charge is -2.07. The monoisotopic (exact) mass is 331 g/mol. The molecule has 0 saturated heterocycles. The number of nitrogens with one attached hydrogen (secondary N) is 1. The maximum absolute atomic E-state index is 11.8. The fourth-order valence-electron chi connectivity index (χ4n) is 1.44. The van der Waals surface area contributed by atoms with Crippen molar-refractivity contribution >= 4 is 45.9 Å². The van der Waals surface area contributed by atoms with Crippen LogP contribution in [0, 0.1) is 6.92 Å². The van der Waals surface area contributed by atoms with Crippen LogP contribution in [0.15, 0.2) is 5.38 Å². The minimum Gasteiger partial charge on any atom is -0.468 e. The predicted molar refractivity (Wildman–Crippen MR) is 83.0 cm³/mol. The third-order valence-electron chi connectivity index (χ3n) is 2.39. The highest BCUT2D eigenvalue weighted by molar-refractivity contribution is 8.00. The Hall–Kier alpha value is -1.54. The Bertz CT molecular complexity index is 527. The van der Waals surface area contributed by atoms with Crippen molar-refractivity contribution in [2.75, 3.05) is 30.5 Å². The number of ether oxygens (including phenoxy) is 2. The summed E-state index contributed by atoms with van der Waals surface area (Å²) in [6.45, 7) is 3.78. The van der Waals surface area contributed by atoms with Gasteiger partial charge >= 0.3 is 11.9 Å². The van der Waals surface area contributed by atoms with E-state index in [4.69, 9.17) is 4.74 Å². The number of carbonyl (C=O) groups excluding carboxylic acids is 3. The Morgan fingerprint density at radius 1 is 1.33 bits per heavy atom. The largest absolute Gasteiger partial charge is 0.468 e. The third-order valence-corrected chi connectivity index (χ3v) is 4.31. The summed E-state index contributed by atoms with van der Waals surface area (Å²) in [5.41, 5.74) is 1.14. The molecule has 1 aromatic heterocycles. The number of thiophene rings is 1. The molecule has 0 aliphatic rings. The van der Waals surface area contributed by atoms with Gasteiger partial charge in [-0.25, -0.2) is 4.79 Å².